The van der Waals surface area contributed by atoms with Gasteiger partial charge in [-0.2, -0.15) is 5.10 Å². The molecule has 150 valence electrons. The fourth-order valence-electron chi connectivity index (χ4n) is 3.94. The summed E-state index contributed by atoms with van der Waals surface area (Å²) in [6.07, 6.45) is 4.86. The van der Waals surface area contributed by atoms with E-state index in [1.807, 2.05) is 42.1 Å². The van der Waals surface area contributed by atoms with Crippen LogP contribution in [0.4, 0.5) is 5.82 Å². The minimum Gasteiger partial charge on any atom is -0.373 e. The molecule has 0 radical (unpaired) electrons. The number of hydrogen-bond acceptors (Lipinski definition) is 4. The number of carbonyl (C=O) groups excluding carboxylic acids is 1. The lowest BCUT2D eigenvalue weighted by Gasteiger charge is -2.35. The molecule has 2 aliphatic rings. The maximum atomic E-state index is 12.7. The molecule has 2 aromatic rings. The molecule has 2 unspecified atom stereocenters. The van der Waals surface area contributed by atoms with E-state index >= 15 is 0 Å². The lowest BCUT2D eigenvalue weighted by molar-refractivity contribution is -0.0704. The Labute approximate surface area is 166 Å². The number of morpholine rings is 1. The summed E-state index contributed by atoms with van der Waals surface area (Å²) in [4.78, 5) is 15.1. The lowest BCUT2D eigenvalue weighted by atomic mass is 10.1. The number of aryl methyl sites for hydroxylation is 1. The molecule has 6 nitrogen and oxygen atoms in total. The van der Waals surface area contributed by atoms with E-state index in [0.717, 1.165) is 37.6 Å². The largest absolute Gasteiger partial charge is 0.373 e. The topological polar surface area (TPSA) is 59.4 Å². The number of nitrogens with zero attached hydrogens (tertiary/aromatic N) is 3. The molecule has 0 bridgehead atoms. The smallest absolute Gasteiger partial charge is 0.256 e. The summed E-state index contributed by atoms with van der Waals surface area (Å²) in [5.41, 5.74) is 2.89. The number of aromatic nitrogens is 2. The first-order valence-electron chi connectivity index (χ1n) is 10.3. The highest BCUT2D eigenvalue weighted by Crippen LogP contribution is 2.32. The molecule has 2 fully saturated rings. The minimum atomic E-state index is -0.0826. The van der Waals surface area contributed by atoms with E-state index in [0.29, 0.717) is 11.5 Å². The van der Waals surface area contributed by atoms with Crippen molar-refractivity contribution >= 4 is 11.7 Å². The number of carbonyl (C=O) groups is 1. The van der Waals surface area contributed by atoms with E-state index in [4.69, 9.17) is 4.74 Å². The van der Waals surface area contributed by atoms with Gasteiger partial charge in [-0.3, -0.25) is 9.69 Å². The van der Waals surface area contributed by atoms with Crippen LogP contribution < -0.4 is 5.32 Å². The Bertz CT molecular complexity index is 816. The molecule has 4 rings (SSSR count). The third-order valence-electron chi connectivity index (χ3n) is 5.50. The molecule has 1 saturated carbocycles. The summed E-state index contributed by atoms with van der Waals surface area (Å²) in [5.74, 6) is 1.44. The fourth-order valence-corrected chi connectivity index (χ4v) is 3.94. The van der Waals surface area contributed by atoms with E-state index in [-0.39, 0.29) is 18.1 Å². The molecular weight excluding hydrogens is 352 g/mol. The van der Waals surface area contributed by atoms with Gasteiger partial charge < -0.3 is 10.1 Å². The van der Waals surface area contributed by atoms with E-state index in [1.54, 1.807) is 0 Å². The van der Waals surface area contributed by atoms with Crippen LogP contribution in [0.1, 0.15) is 48.2 Å². The van der Waals surface area contributed by atoms with Gasteiger partial charge in [-0.15, -0.1) is 0 Å². The molecule has 1 aliphatic carbocycles. The lowest BCUT2D eigenvalue weighted by Crippen LogP contribution is -2.44. The third-order valence-corrected chi connectivity index (χ3v) is 5.50. The molecule has 6 heteroatoms. The number of rotatable bonds is 6. The average molecular weight is 383 g/mol. The molecule has 1 aromatic heterocycles. The van der Waals surface area contributed by atoms with Crippen LogP contribution in [0.3, 0.4) is 0 Å². The van der Waals surface area contributed by atoms with Crippen molar-refractivity contribution in [1.29, 1.82) is 0 Å². The van der Waals surface area contributed by atoms with Gasteiger partial charge in [0.05, 0.1) is 18.4 Å². The highest BCUT2D eigenvalue weighted by Gasteiger charge is 2.24. The van der Waals surface area contributed by atoms with Crippen molar-refractivity contribution in [3.63, 3.8) is 0 Å². The number of nitrogens with one attached hydrogen (secondary N) is 1. The van der Waals surface area contributed by atoms with Gasteiger partial charge in [-0.05, 0) is 57.2 Å². The van der Waals surface area contributed by atoms with Crippen molar-refractivity contribution < 1.29 is 9.53 Å². The number of ether oxygens (including phenoxy) is 1. The van der Waals surface area contributed by atoms with Crippen molar-refractivity contribution in [1.82, 2.24) is 14.7 Å². The minimum absolute atomic E-state index is 0.0826. The second-order valence-electron chi connectivity index (χ2n) is 8.40. The summed E-state index contributed by atoms with van der Waals surface area (Å²) in [6.45, 7) is 9.87. The summed E-state index contributed by atoms with van der Waals surface area (Å²) in [7, 11) is 0. The van der Waals surface area contributed by atoms with Crippen LogP contribution >= 0.6 is 0 Å². The van der Waals surface area contributed by atoms with Crippen LogP contribution in [-0.2, 0) is 17.8 Å². The number of amides is 1. The van der Waals surface area contributed by atoms with Gasteiger partial charge in [0.15, 0.2) is 0 Å². The number of anilines is 1. The molecule has 1 N–H and O–H groups in total. The van der Waals surface area contributed by atoms with Crippen LogP contribution in [0.5, 0.6) is 0 Å². The molecule has 0 spiro atoms. The third kappa shape index (κ3) is 4.62. The first-order valence-corrected chi connectivity index (χ1v) is 10.3. The van der Waals surface area contributed by atoms with Crippen LogP contribution in [-0.4, -0.2) is 45.9 Å². The fraction of sp³-hybridized carbons (Fsp3) is 0.545. The van der Waals surface area contributed by atoms with Gasteiger partial charge in [0.25, 0.3) is 5.91 Å². The van der Waals surface area contributed by atoms with Crippen molar-refractivity contribution in [2.75, 3.05) is 18.4 Å². The Kier molecular flexibility index (Phi) is 5.51. The van der Waals surface area contributed by atoms with Crippen LogP contribution in [0.2, 0.25) is 0 Å². The highest BCUT2D eigenvalue weighted by atomic mass is 16.5. The zero-order chi connectivity index (χ0) is 19.7. The van der Waals surface area contributed by atoms with E-state index in [1.165, 1.54) is 18.4 Å². The second-order valence-corrected chi connectivity index (χ2v) is 8.40. The van der Waals surface area contributed by atoms with Gasteiger partial charge in [-0.1, -0.05) is 12.1 Å². The zero-order valence-corrected chi connectivity index (χ0v) is 17.0. The summed E-state index contributed by atoms with van der Waals surface area (Å²) < 4.78 is 7.73. The molecular formula is C22H30N4O2. The van der Waals surface area contributed by atoms with Crippen LogP contribution in [0, 0.1) is 12.8 Å². The van der Waals surface area contributed by atoms with E-state index < -0.39 is 0 Å². The van der Waals surface area contributed by atoms with Crippen molar-refractivity contribution in [2.24, 2.45) is 5.92 Å². The number of benzene rings is 1. The predicted molar refractivity (Wildman–Crippen MR) is 109 cm³/mol. The molecule has 1 amide bonds. The van der Waals surface area contributed by atoms with Gasteiger partial charge >= 0.3 is 0 Å². The first kappa shape index (κ1) is 19.2. The van der Waals surface area contributed by atoms with Crippen molar-refractivity contribution in [2.45, 2.75) is 58.9 Å². The second kappa shape index (κ2) is 8.05. The number of hydrogen-bond donors (Lipinski definition) is 1. The molecule has 28 heavy (non-hydrogen) atoms. The first-order chi connectivity index (χ1) is 13.5. The van der Waals surface area contributed by atoms with Crippen LogP contribution in [0.25, 0.3) is 0 Å². The van der Waals surface area contributed by atoms with Crippen molar-refractivity contribution in [3.8, 4) is 0 Å². The zero-order valence-electron chi connectivity index (χ0n) is 17.0. The monoisotopic (exact) mass is 382 g/mol. The summed E-state index contributed by atoms with van der Waals surface area (Å²) in [5, 5.41) is 7.48. The molecule has 2 heterocycles. The molecule has 1 aliphatic heterocycles. The van der Waals surface area contributed by atoms with E-state index in [2.05, 4.69) is 29.2 Å². The van der Waals surface area contributed by atoms with Gasteiger partial charge in [0.1, 0.15) is 5.82 Å². The molecule has 1 aromatic carbocycles. The Hall–Kier alpha value is -2.18. The maximum absolute atomic E-state index is 12.7. The summed E-state index contributed by atoms with van der Waals surface area (Å²) in [6, 6.07) is 7.92. The Morgan fingerprint density at radius 3 is 2.50 bits per heavy atom. The Morgan fingerprint density at radius 1 is 1.18 bits per heavy atom. The summed E-state index contributed by atoms with van der Waals surface area (Å²) >= 11 is 0. The van der Waals surface area contributed by atoms with Crippen molar-refractivity contribution in [3.05, 3.63) is 47.2 Å². The Balaban J connectivity index is 1.38. The quantitative estimate of drug-likeness (QED) is 0.831. The highest BCUT2D eigenvalue weighted by molar-refractivity contribution is 6.04. The molecule has 1 saturated heterocycles. The predicted octanol–water partition coefficient (Wildman–Crippen LogP) is 3.46. The Morgan fingerprint density at radius 2 is 1.86 bits per heavy atom. The average Bonchev–Trinajstić information content (AvgIpc) is 3.40. The molecule has 2 atom stereocenters. The standard InChI is InChI=1S/C22H30N4O2/c1-15-10-23-26(14-19-4-5-19)21(15)24-22(27)20-8-6-18(7-9-20)13-25-11-16(2)28-17(3)12-25/h6-10,16-17,19H,4-5,11-14H2,1-3H3,(H,24,27). The maximum Gasteiger partial charge on any atom is 0.256 e. The van der Waals surface area contributed by atoms with Crippen LogP contribution in [0.15, 0.2) is 30.5 Å². The SMILES string of the molecule is Cc1cnn(CC2CC2)c1NC(=O)c1ccc(CN2CC(C)OC(C)C2)cc1. The van der Waals surface area contributed by atoms with Gasteiger partial charge in [-0.25, -0.2) is 4.68 Å². The van der Waals surface area contributed by atoms with Gasteiger partial charge in [0.2, 0.25) is 0 Å². The van der Waals surface area contributed by atoms with E-state index in [9.17, 15) is 4.79 Å². The van der Waals surface area contributed by atoms with Gasteiger partial charge in [0, 0.05) is 37.3 Å². The normalized spacial score (nSPS) is 23.0.